The van der Waals surface area contributed by atoms with E-state index < -0.39 is 11.5 Å². The van der Waals surface area contributed by atoms with E-state index in [-0.39, 0.29) is 0 Å². The van der Waals surface area contributed by atoms with Gasteiger partial charge in [0.05, 0.1) is 33.5 Å². The van der Waals surface area contributed by atoms with Crippen LogP contribution < -0.4 is 18.9 Å². The van der Waals surface area contributed by atoms with Crippen LogP contribution >= 0.6 is 15.9 Å². The molecular weight excluding hydrogens is 600 g/mol. The van der Waals surface area contributed by atoms with Crippen LogP contribution in [0.2, 0.25) is 0 Å². The molecule has 0 saturated carbocycles. The minimum Gasteiger partial charge on any atom is -0.481 e. The van der Waals surface area contributed by atoms with Crippen molar-refractivity contribution in [3.63, 3.8) is 0 Å². The zero-order chi connectivity index (χ0) is 30.4. The molecule has 1 aromatic carbocycles. The molecule has 0 spiro atoms. The Morgan fingerprint density at radius 2 is 1.62 bits per heavy atom. The predicted octanol–water partition coefficient (Wildman–Crippen LogP) is 5.88. The second-order valence-corrected chi connectivity index (χ2v) is 11.4. The molecule has 1 N–H and O–H groups in total. The van der Waals surface area contributed by atoms with E-state index in [1.165, 1.54) is 0 Å². The lowest BCUT2D eigenvalue weighted by Gasteiger charge is -2.39. The zero-order valence-electron chi connectivity index (χ0n) is 25.3. The SMILES string of the molecule is CCCOc1cc(C(c2cc3cc(Br)ccc3nc2OC)C(O)(CCN(C)C)c2cc(OC)nc(OC)c2)cc(C)n1. The van der Waals surface area contributed by atoms with E-state index in [1.54, 1.807) is 33.5 Å². The molecule has 0 aliphatic carbocycles. The van der Waals surface area contributed by atoms with E-state index in [4.69, 9.17) is 23.9 Å². The van der Waals surface area contributed by atoms with Gasteiger partial charge in [0.2, 0.25) is 23.5 Å². The molecule has 224 valence electrons. The van der Waals surface area contributed by atoms with E-state index in [0.717, 1.165) is 33.1 Å². The standard InChI is InChI=1S/C32H39BrN4O5/c1-8-13-42-29-17-22(14-20(2)34-29)30(25-16-21-15-24(33)9-10-26(21)35-31(25)41-7)32(38,11-12-37(3)4)23-18-27(39-5)36-28(19-23)40-6/h9-10,14-19,30,38H,8,11-13H2,1-7H3. The molecule has 0 aliphatic heterocycles. The number of aryl methyl sites for hydroxylation is 1. The Kier molecular flexibility index (Phi) is 10.2. The summed E-state index contributed by atoms with van der Waals surface area (Å²) in [5.41, 5.74) is 2.14. The molecule has 2 atom stereocenters. The van der Waals surface area contributed by atoms with Crippen molar-refractivity contribution in [2.75, 3.05) is 48.6 Å². The second kappa shape index (κ2) is 13.7. The minimum atomic E-state index is -1.50. The summed E-state index contributed by atoms with van der Waals surface area (Å²) >= 11 is 3.59. The second-order valence-electron chi connectivity index (χ2n) is 10.5. The Hall–Kier alpha value is -3.47. The summed E-state index contributed by atoms with van der Waals surface area (Å²) in [5.74, 6) is 0.906. The number of hydrogen-bond donors (Lipinski definition) is 1. The number of aliphatic hydroxyl groups is 1. The molecule has 2 unspecified atom stereocenters. The molecule has 0 radical (unpaired) electrons. The molecule has 10 heteroatoms. The lowest BCUT2D eigenvalue weighted by atomic mass is 9.71. The van der Waals surface area contributed by atoms with Gasteiger partial charge in [0.1, 0.15) is 5.60 Å². The highest BCUT2D eigenvalue weighted by molar-refractivity contribution is 9.10. The average Bonchev–Trinajstić information content (AvgIpc) is 2.98. The number of aromatic nitrogens is 3. The number of nitrogens with zero attached hydrogens (tertiary/aromatic N) is 4. The summed E-state index contributed by atoms with van der Waals surface area (Å²) in [7, 11) is 8.63. The van der Waals surface area contributed by atoms with E-state index >= 15 is 0 Å². The van der Waals surface area contributed by atoms with Crippen LogP contribution in [0, 0.1) is 6.92 Å². The zero-order valence-corrected chi connectivity index (χ0v) is 26.9. The van der Waals surface area contributed by atoms with Crippen LogP contribution in [0.15, 0.2) is 53.0 Å². The van der Waals surface area contributed by atoms with Gasteiger partial charge in [-0.25, -0.2) is 9.97 Å². The first-order valence-corrected chi connectivity index (χ1v) is 14.6. The van der Waals surface area contributed by atoms with Crippen molar-refractivity contribution in [2.24, 2.45) is 0 Å². The van der Waals surface area contributed by atoms with Crippen LogP contribution in [0.3, 0.4) is 0 Å². The van der Waals surface area contributed by atoms with Crippen molar-refractivity contribution in [1.82, 2.24) is 19.9 Å². The quantitative estimate of drug-likeness (QED) is 0.192. The third-order valence-electron chi connectivity index (χ3n) is 7.13. The van der Waals surface area contributed by atoms with Crippen LogP contribution in [-0.2, 0) is 5.60 Å². The minimum absolute atomic E-state index is 0.330. The van der Waals surface area contributed by atoms with Gasteiger partial charge in [0.25, 0.3) is 0 Å². The Morgan fingerprint density at radius 1 is 0.905 bits per heavy atom. The van der Waals surface area contributed by atoms with Crippen LogP contribution in [0.5, 0.6) is 23.5 Å². The first kappa shape index (κ1) is 31.5. The Balaban J connectivity index is 2.09. The smallest absolute Gasteiger partial charge is 0.217 e. The number of fused-ring (bicyclic) bond motifs is 1. The van der Waals surface area contributed by atoms with E-state index in [9.17, 15) is 5.11 Å². The fourth-order valence-electron chi connectivity index (χ4n) is 5.13. The van der Waals surface area contributed by atoms with Gasteiger partial charge >= 0.3 is 0 Å². The average molecular weight is 640 g/mol. The molecule has 4 rings (SSSR count). The molecule has 9 nitrogen and oxygen atoms in total. The van der Waals surface area contributed by atoms with E-state index in [0.29, 0.717) is 54.2 Å². The molecular formula is C32H39BrN4O5. The monoisotopic (exact) mass is 638 g/mol. The summed E-state index contributed by atoms with van der Waals surface area (Å²) in [5, 5.41) is 14.0. The van der Waals surface area contributed by atoms with Gasteiger partial charge in [0.15, 0.2) is 0 Å². The summed E-state index contributed by atoms with van der Waals surface area (Å²) in [4.78, 5) is 15.9. The number of ether oxygens (including phenoxy) is 4. The fraction of sp³-hybridized carbons (Fsp3) is 0.406. The first-order valence-electron chi connectivity index (χ1n) is 13.8. The Morgan fingerprint density at radius 3 is 2.24 bits per heavy atom. The van der Waals surface area contributed by atoms with Gasteiger partial charge in [-0.15, -0.1) is 0 Å². The maximum atomic E-state index is 13.1. The first-order chi connectivity index (χ1) is 20.1. The molecule has 0 saturated heterocycles. The summed E-state index contributed by atoms with van der Waals surface area (Å²) in [6.45, 7) is 5.08. The number of rotatable bonds is 13. The Bertz CT molecular complexity index is 1510. The highest BCUT2D eigenvalue weighted by Gasteiger charge is 2.43. The molecule has 42 heavy (non-hydrogen) atoms. The summed E-state index contributed by atoms with van der Waals surface area (Å²) in [6, 6.07) is 15.3. The van der Waals surface area contributed by atoms with Crippen molar-refractivity contribution in [3.05, 3.63) is 75.4 Å². The van der Waals surface area contributed by atoms with Gasteiger partial charge in [0, 0.05) is 51.8 Å². The normalized spacial score (nSPS) is 13.6. The maximum absolute atomic E-state index is 13.1. The van der Waals surface area contributed by atoms with Crippen LogP contribution in [0.4, 0.5) is 0 Å². The molecule has 0 fully saturated rings. The van der Waals surface area contributed by atoms with Gasteiger partial charge in [-0.3, -0.25) is 0 Å². The van der Waals surface area contributed by atoms with Crippen molar-refractivity contribution in [2.45, 2.75) is 38.2 Å². The highest BCUT2D eigenvalue weighted by atomic mass is 79.9. The van der Waals surface area contributed by atoms with Crippen molar-refractivity contribution >= 4 is 26.8 Å². The lowest BCUT2D eigenvalue weighted by Crippen LogP contribution is -2.38. The van der Waals surface area contributed by atoms with E-state index in [2.05, 4.69) is 25.9 Å². The summed E-state index contributed by atoms with van der Waals surface area (Å²) < 4.78 is 23.9. The Labute approximate surface area is 256 Å². The van der Waals surface area contributed by atoms with Gasteiger partial charge in [-0.05, 0) is 75.3 Å². The molecule has 3 heterocycles. The van der Waals surface area contributed by atoms with Gasteiger partial charge < -0.3 is 29.0 Å². The molecule has 0 amide bonds. The lowest BCUT2D eigenvalue weighted by molar-refractivity contribution is 0.00323. The van der Waals surface area contributed by atoms with Crippen molar-refractivity contribution in [1.29, 1.82) is 0 Å². The number of benzene rings is 1. The van der Waals surface area contributed by atoms with Gasteiger partial charge in [-0.1, -0.05) is 22.9 Å². The number of hydrogen-bond acceptors (Lipinski definition) is 9. The topological polar surface area (TPSA) is 99.1 Å². The van der Waals surface area contributed by atoms with Crippen molar-refractivity contribution < 1.29 is 24.1 Å². The maximum Gasteiger partial charge on any atom is 0.217 e. The van der Waals surface area contributed by atoms with Gasteiger partial charge in [-0.2, -0.15) is 4.98 Å². The third-order valence-corrected chi connectivity index (χ3v) is 7.62. The molecule has 0 aliphatic rings. The van der Waals surface area contributed by atoms with Crippen LogP contribution in [-0.4, -0.2) is 73.5 Å². The fourth-order valence-corrected chi connectivity index (χ4v) is 5.51. The van der Waals surface area contributed by atoms with Crippen LogP contribution in [0.1, 0.15) is 48.1 Å². The summed E-state index contributed by atoms with van der Waals surface area (Å²) in [6.07, 6.45) is 1.20. The molecule has 3 aromatic heterocycles. The predicted molar refractivity (Wildman–Crippen MR) is 167 cm³/mol. The molecule has 0 bridgehead atoms. The van der Waals surface area contributed by atoms with E-state index in [1.807, 2.05) is 69.2 Å². The molecule has 4 aromatic rings. The highest BCUT2D eigenvalue weighted by Crippen LogP contribution is 2.49. The largest absolute Gasteiger partial charge is 0.481 e. The third kappa shape index (κ3) is 6.94. The number of pyridine rings is 3. The number of methoxy groups -OCH3 is 3. The van der Waals surface area contributed by atoms with Crippen LogP contribution in [0.25, 0.3) is 10.9 Å². The number of halogens is 1. The van der Waals surface area contributed by atoms with Crippen molar-refractivity contribution in [3.8, 4) is 23.5 Å².